The van der Waals surface area contributed by atoms with Crippen LogP contribution in [0.4, 0.5) is 0 Å². The summed E-state index contributed by atoms with van der Waals surface area (Å²) in [5.41, 5.74) is 2.01. The van der Waals surface area contributed by atoms with Crippen molar-refractivity contribution in [2.75, 3.05) is 13.7 Å². The first kappa shape index (κ1) is 17.5. The summed E-state index contributed by atoms with van der Waals surface area (Å²) in [4.78, 5) is 24.5. The molecule has 0 fully saturated rings. The van der Waals surface area contributed by atoms with E-state index in [2.05, 4.69) is 10.6 Å². The van der Waals surface area contributed by atoms with Crippen LogP contribution in [0.3, 0.4) is 0 Å². The molecule has 2 amide bonds. The number of carbonyl (C=O) groups excluding carboxylic acids is 2. The minimum absolute atomic E-state index is 0.109. The van der Waals surface area contributed by atoms with E-state index in [9.17, 15) is 9.59 Å². The van der Waals surface area contributed by atoms with Gasteiger partial charge in [-0.3, -0.25) is 9.59 Å². The van der Waals surface area contributed by atoms with Crippen molar-refractivity contribution in [1.29, 1.82) is 0 Å². The fraction of sp³-hybridized carbons (Fsp3) is 0.200. The second-order valence-electron chi connectivity index (χ2n) is 5.84. The van der Waals surface area contributed by atoms with E-state index in [0.29, 0.717) is 34.6 Å². The Balaban J connectivity index is 1.64. The minimum Gasteiger partial charge on any atom is -0.497 e. The summed E-state index contributed by atoms with van der Waals surface area (Å²) in [5, 5.41) is 6.07. The average molecular weight is 352 g/mol. The number of ether oxygens (including phenoxy) is 1. The number of benzene rings is 2. The summed E-state index contributed by atoms with van der Waals surface area (Å²) in [6.45, 7) is 2.03. The number of fused-ring (bicyclic) bond motifs is 1. The largest absolute Gasteiger partial charge is 0.497 e. The van der Waals surface area contributed by atoms with Crippen LogP contribution in [0.1, 0.15) is 21.7 Å². The molecule has 2 N–H and O–H groups in total. The number of aryl methyl sites for hydroxylation is 1. The molecule has 3 rings (SSSR count). The summed E-state index contributed by atoms with van der Waals surface area (Å²) < 4.78 is 10.8. The fourth-order valence-electron chi connectivity index (χ4n) is 2.72. The molecule has 0 saturated carbocycles. The van der Waals surface area contributed by atoms with Gasteiger partial charge < -0.3 is 19.8 Å². The lowest BCUT2D eigenvalue weighted by atomic mass is 10.1. The first-order valence-corrected chi connectivity index (χ1v) is 8.24. The minimum atomic E-state index is -0.357. The van der Waals surface area contributed by atoms with Gasteiger partial charge in [0.25, 0.3) is 5.91 Å². The standard InChI is InChI=1S/C20H20N2O4/c1-13-19(16-10-15(25-2)8-9-17(16)26-13)20(24)22-12-18(23)21-11-14-6-4-3-5-7-14/h3-10H,11-12H2,1-2H3,(H,21,23)(H,22,24). The lowest BCUT2D eigenvalue weighted by molar-refractivity contribution is -0.120. The van der Waals surface area contributed by atoms with E-state index in [0.717, 1.165) is 5.56 Å². The Bertz CT molecular complexity index is 932. The first-order chi connectivity index (χ1) is 12.6. The van der Waals surface area contributed by atoms with Crippen LogP contribution in [0.15, 0.2) is 52.9 Å². The molecule has 0 spiro atoms. The topological polar surface area (TPSA) is 80.6 Å². The van der Waals surface area contributed by atoms with Gasteiger partial charge in [-0.1, -0.05) is 30.3 Å². The van der Waals surface area contributed by atoms with Gasteiger partial charge in [0.05, 0.1) is 19.2 Å². The van der Waals surface area contributed by atoms with Crippen LogP contribution < -0.4 is 15.4 Å². The van der Waals surface area contributed by atoms with E-state index in [-0.39, 0.29) is 18.4 Å². The quantitative estimate of drug-likeness (QED) is 0.715. The summed E-state index contributed by atoms with van der Waals surface area (Å²) >= 11 is 0. The van der Waals surface area contributed by atoms with Gasteiger partial charge in [0, 0.05) is 11.9 Å². The van der Waals surface area contributed by atoms with Crippen molar-refractivity contribution in [3.05, 3.63) is 65.4 Å². The molecule has 1 aromatic heterocycles. The maximum absolute atomic E-state index is 12.5. The Morgan fingerprint density at radius 3 is 2.58 bits per heavy atom. The van der Waals surface area contributed by atoms with Crippen LogP contribution in [0.25, 0.3) is 11.0 Å². The molecule has 2 aromatic carbocycles. The molecule has 6 heteroatoms. The number of amides is 2. The van der Waals surface area contributed by atoms with Gasteiger partial charge in [-0.05, 0) is 30.7 Å². The molecule has 3 aromatic rings. The molecule has 0 saturated heterocycles. The Morgan fingerprint density at radius 2 is 1.85 bits per heavy atom. The Hall–Kier alpha value is -3.28. The van der Waals surface area contributed by atoms with E-state index in [4.69, 9.17) is 9.15 Å². The summed E-state index contributed by atoms with van der Waals surface area (Å²) in [6, 6.07) is 14.8. The van der Waals surface area contributed by atoms with Crippen LogP contribution in [-0.2, 0) is 11.3 Å². The SMILES string of the molecule is COc1ccc2oc(C)c(C(=O)NCC(=O)NCc3ccccc3)c2c1. The van der Waals surface area contributed by atoms with Gasteiger partial charge in [-0.25, -0.2) is 0 Å². The van der Waals surface area contributed by atoms with Crippen molar-refractivity contribution < 1.29 is 18.7 Å². The highest BCUT2D eigenvalue weighted by Gasteiger charge is 2.19. The van der Waals surface area contributed by atoms with Crippen LogP contribution in [0.2, 0.25) is 0 Å². The second-order valence-corrected chi connectivity index (χ2v) is 5.84. The zero-order valence-electron chi connectivity index (χ0n) is 14.7. The van der Waals surface area contributed by atoms with E-state index in [1.54, 1.807) is 32.2 Å². The zero-order valence-corrected chi connectivity index (χ0v) is 14.7. The molecular weight excluding hydrogens is 332 g/mol. The van der Waals surface area contributed by atoms with E-state index in [1.165, 1.54) is 0 Å². The number of methoxy groups -OCH3 is 1. The van der Waals surface area contributed by atoms with Gasteiger partial charge in [0.1, 0.15) is 17.1 Å². The highest BCUT2D eigenvalue weighted by atomic mass is 16.5. The molecule has 134 valence electrons. The number of hydrogen-bond donors (Lipinski definition) is 2. The maximum atomic E-state index is 12.5. The van der Waals surface area contributed by atoms with E-state index in [1.807, 2.05) is 30.3 Å². The average Bonchev–Trinajstić information content (AvgIpc) is 3.00. The lowest BCUT2D eigenvalue weighted by Gasteiger charge is -2.07. The third-order valence-electron chi connectivity index (χ3n) is 4.04. The molecular formula is C20H20N2O4. The third-order valence-corrected chi connectivity index (χ3v) is 4.04. The molecule has 6 nitrogen and oxygen atoms in total. The fourth-order valence-corrected chi connectivity index (χ4v) is 2.72. The van der Waals surface area contributed by atoms with Crippen molar-refractivity contribution in [2.24, 2.45) is 0 Å². The van der Waals surface area contributed by atoms with Crippen molar-refractivity contribution in [3.63, 3.8) is 0 Å². The normalized spacial score (nSPS) is 10.5. The number of nitrogens with one attached hydrogen (secondary N) is 2. The maximum Gasteiger partial charge on any atom is 0.255 e. The van der Waals surface area contributed by atoms with Gasteiger partial charge >= 0.3 is 0 Å². The van der Waals surface area contributed by atoms with Gasteiger partial charge in [-0.2, -0.15) is 0 Å². The predicted molar refractivity (Wildman–Crippen MR) is 98.1 cm³/mol. The molecule has 0 unspecified atom stereocenters. The van der Waals surface area contributed by atoms with Gasteiger partial charge in [-0.15, -0.1) is 0 Å². The predicted octanol–water partition coefficient (Wildman–Crippen LogP) is 2.80. The van der Waals surface area contributed by atoms with Crippen LogP contribution >= 0.6 is 0 Å². The number of furan rings is 1. The Kier molecular flexibility index (Phi) is 5.22. The van der Waals surface area contributed by atoms with Crippen molar-refractivity contribution in [1.82, 2.24) is 10.6 Å². The van der Waals surface area contributed by atoms with Crippen LogP contribution in [-0.4, -0.2) is 25.5 Å². The molecule has 0 aliphatic carbocycles. The van der Waals surface area contributed by atoms with Crippen molar-refractivity contribution in [2.45, 2.75) is 13.5 Å². The number of hydrogen-bond acceptors (Lipinski definition) is 4. The summed E-state index contributed by atoms with van der Waals surface area (Å²) in [5.74, 6) is 0.512. The van der Waals surface area contributed by atoms with E-state index >= 15 is 0 Å². The molecule has 1 heterocycles. The molecule has 26 heavy (non-hydrogen) atoms. The van der Waals surface area contributed by atoms with Crippen molar-refractivity contribution in [3.8, 4) is 5.75 Å². The molecule has 0 atom stereocenters. The molecule has 0 bridgehead atoms. The second kappa shape index (κ2) is 7.74. The smallest absolute Gasteiger partial charge is 0.255 e. The zero-order chi connectivity index (χ0) is 18.5. The summed E-state index contributed by atoms with van der Waals surface area (Å²) in [7, 11) is 1.56. The Labute approximate surface area is 151 Å². The summed E-state index contributed by atoms with van der Waals surface area (Å²) in [6.07, 6.45) is 0. The van der Waals surface area contributed by atoms with Gasteiger partial charge in [0.2, 0.25) is 5.91 Å². The molecule has 0 aliphatic rings. The number of carbonyl (C=O) groups is 2. The van der Waals surface area contributed by atoms with Crippen LogP contribution in [0, 0.1) is 6.92 Å². The third kappa shape index (κ3) is 3.85. The van der Waals surface area contributed by atoms with Crippen molar-refractivity contribution >= 4 is 22.8 Å². The highest BCUT2D eigenvalue weighted by molar-refractivity contribution is 6.08. The lowest BCUT2D eigenvalue weighted by Crippen LogP contribution is -2.36. The Morgan fingerprint density at radius 1 is 1.08 bits per heavy atom. The van der Waals surface area contributed by atoms with E-state index < -0.39 is 0 Å². The highest BCUT2D eigenvalue weighted by Crippen LogP contribution is 2.28. The first-order valence-electron chi connectivity index (χ1n) is 8.24. The molecule has 0 radical (unpaired) electrons. The van der Waals surface area contributed by atoms with Crippen LogP contribution in [0.5, 0.6) is 5.75 Å². The monoisotopic (exact) mass is 352 g/mol. The molecule has 0 aliphatic heterocycles. The number of rotatable bonds is 6. The van der Waals surface area contributed by atoms with Gasteiger partial charge in [0.15, 0.2) is 0 Å².